The molecule has 0 fully saturated rings. The van der Waals surface area contributed by atoms with Crippen LogP contribution in [0.5, 0.6) is 0 Å². The van der Waals surface area contributed by atoms with Crippen LogP contribution in [-0.4, -0.2) is 0 Å². The maximum atomic E-state index is 6.88. The number of nitrogens with zero attached hydrogens (tertiary/aromatic N) is 1. The Labute approximate surface area is 237 Å². The van der Waals surface area contributed by atoms with Crippen LogP contribution in [0.15, 0.2) is 121 Å². The zero-order chi connectivity index (χ0) is 27.0. The van der Waals surface area contributed by atoms with Gasteiger partial charge in [-0.3, -0.25) is 0 Å². The lowest BCUT2D eigenvalue weighted by Gasteiger charge is -2.44. The highest BCUT2D eigenvalue weighted by Crippen LogP contribution is 2.55. The van der Waals surface area contributed by atoms with Gasteiger partial charge in [-0.05, 0) is 62.4 Å². The van der Waals surface area contributed by atoms with Crippen molar-refractivity contribution < 1.29 is 0 Å². The Morgan fingerprint density at radius 2 is 1.00 bits per heavy atom. The predicted octanol–water partition coefficient (Wildman–Crippen LogP) is 8.19. The first kappa shape index (κ1) is 24.6. The number of rotatable bonds is 2. The van der Waals surface area contributed by atoms with Gasteiger partial charge in [0.05, 0.1) is 11.4 Å². The fourth-order valence-electron chi connectivity index (χ4n) is 6.86. The van der Waals surface area contributed by atoms with E-state index >= 15 is 0 Å². The molecule has 0 saturated heterocycles. The molecule has 0 bridgehead atoms. The molecule has 2 heterocycles. The number of benzene rings is 5. The first-order valence-corrected chi connectivity index (χ1v) is 16.5. The second kappa shape index (κ2) is 8.52. The van der Waals surface area contributed by atoms with E-state index in [0.717, 1.165) is 0 Å². The minimum atomic E-state index is -2.29. The Bertz CT molecular complexity index is 1750. The standard InChI is InChI=1S/C36H32NPS/c1-35(2)27-16-8-11-19-31(27)37(32-20-12-9-17-28(32)35)25-22-23-30-34(24-25)38(39,26-14-6-5-7-15-26)33-21-13-10-18-29(33)36(30,3)4/h5-24H,1-4H3. The molecule has 7 rings (SSSR count). The molecule has 2 aliphatic rings. The van der Waals surface area contributed by atoms with Crippen LogP contribution < -0.4 is 20.8 Å². The topological polar surface area (TPSA) is 3.24 Å². The first-order valence-electron chi connectivity index (χ1n) is 13.7. The first-order chi connectivity index (χ1) is 18.8. The average Bonchev–Trinajstić information content (AvgIpc) is 2.97. The van der Waals surface area contributed by atoms with Gasteiger partial charge in [0.2, 0.25) is 0 Å². The molecule has 1 atom stereocenters. The van der Waals surface area contributed by atoms with Crippen molar-refractivity contribution >= 4 is 50.8 Å². The minimum Gasteiger partial charge on any atom is -0.310 e. The SMILES string of the molecule is CC1(C)c2ccccc2N(c2ccc3c(c2)P(=S)(c2ccccc2)c2ccccc2C3(C)C)c2ccccc21. The monoisotopic (exact) mass is 541 g/mol. The molecule has 2 aliphatic heterocycles. The third-order valence-electron chi connectivity index (χ3n) is 8.93. The minimum absolute atomic E-state index is 0.0857. The molecule has 0 N–H and O–H groups in total. The van der Waals surface area contributed by atoms with Crippen molar-refractivity contribution in [2.75, 3.05) is 4.90 Å². The molecule has 0 amide bonds. The molecule has 5 aromatic rings. The van der Waals surface area contributed by atoms with Gasteiger partial charge in [-0.25, -0.2) is 0 Å². The highest BCUT2D eigenvalue weighted by molar-refractivity contribution is 8.25. The molecule has 3 heteroatoms. The van der Waals surface area contributed by atoms with Crippen LogP contribution in [-0.2, 0) is 22.6 Å². The summed E-state index contributed by atoms with van der Waals surface area (Å²) in [6.07, 6.45) is 0. The van der Waals surface area contributed by atoms with Gasteiger partial charge in [0.15, 0.2) is 0 Å². The number of hydrogen-bond donors (Lipinski definition) is 0. The van der Waals surface area contributed by atoms with Crippen molar-refractivity contribution in [3.05, 3.63) is 144 Å². The molecule has 5 aromatic carbocycles. The van der Waals surface area contributed by atoms with Crippen molar-refractivity contribution in [3.63, 3.8) is 0 Å². The summed E-state index contributed by atoms with van der Waals surface area (Å²) in [6, 6.07) is 42.2. The van der Waals surface area contributed by atoms with Crippen molar-refractivity contribution in [1.82, 2.24) is 0 Å². The van der Waals surface area contributed by atoms with Crippen LogP contribution in [0.4, 0.5) is 17.1 Å². The van der Waals surface area contributed by atoms with E-state index in [9.17, 15) is 0 Å². The van der Waals surface area contributed by atoms with Gasteiger partial charge >= 0.3 is 0 Å². The summed E-state index contributed by atoms with van der Waals surface area (Å²) in [5, 5.41) is 3.88. The molecule has 0 aliphatic carbocycles. The number of para-hydroxylation sites is 2. The lowest BCUT2D eigenvalue weighted by Crippen LogP contribution is -2.42. The van der Waals surface area contributed by atoms with E-state index in [-0.39, 0.29) is 10.8 Å². The maximum Gasteiger partial charge on any atom is 0.0502 e. The van der Waals surface area contributed by atoms with Crippen molar-refractivity contribution in [1.29, 1.82) is 0 Å². The van der Waals surface area contributed by atoms with Crippen LogP contribution in [0.2, 0.25) is 0 Å². The zero-order valence-electron chi connectivity index (χ0n) is 22.8. The summed E-state index contributed by atoms with van der Waals surface area (Å²) in [7, 11) is 0. The molecule has 0 spiro atoms. The summed E-state index contributed by atoms with van der Waals surface area (Å²) in [4.78, 5) is 2.45. The third kappa shape index (κ3) is 3.35. The Hall–Kier alpha value is -3.45. The molecular formula is C36H32NPS. The number of anilines is 3. The molecule has 0 saturated carbocycles. The largest absolute Gasteiger partial charge is 0.310 e. The van der Waals surface area contributed by atoms with Crippen LogP contribution in [0.25, 0.3) is 0 Å². The fraction of sp³-hybridized carbons (Fsp3) is 0.167. The van der Waals surface area contributed by atoms with E-state index < -0.39 is 6.04 Å². The van der Waals surface area contributed by atoms with E-state index in [4.69, 9.17) is 11.8 Å². The van der Waals surface area contributed by atoms with Crippen LogP contribution in [0.3, 0.4) is 0 Å². The fourth-order valence-corrected chi connectivity index (χ4v) is 11.6. The van der Waals surface area contributed by atoms with Crippen molar-refractivity contribution in [2.24, 2.45) is 0 Å². The third-order valence-corrected chi connectivity index (χ3v) is 13.9. The highest BCUT2D eigenvalue weighted by atomic mass is 32.4. The summed E-state index contributed by atoms with van der Waals surface area (Å²) < 4.78 is 0. The number of fused-ring (bicyclic) bond motifs is 4. The second-order valence-electron chi connectivity index (χ2n) is 11.8. The Balaban J connectivity index is 1.54. The zero-order valence-corrected chi connectivity index (χ0v) is 24.6. The van der Waals surface area contributed by atoms with Gasteiger partial charge < -0.3 is 4.90 Å². The van der Waals surface area contributed by atoms with Gasteiger partial charge in [-0.15, -0.1) is 0 Å². The van der Waals surface area contributed by atoms with E-state index in [1.54, 1.807) is 0 Å². The van der Waals surface area contributed by atoms with Crippen molar-refractivity contribution in [3.8, 4) is 0 Å². The maximum absolute atomic E-state index is 6.88. The van der Waals surface area contributed by atoms with Crippen LogP contribution in [0.1, 0.15) is 49.9 Å². The normalized spacial score (nSPS) is 19.8. The molecule has 39 heavy (non-hydrogen) atoms. The quantitative estimate of drug-likeness (QED) is 0.207. The molecule has 1 nitrogen and oxygen atoms in total. The lowest BCUT2D eigenvalue weighted by atomic mass is 9.73. The Kier molecular flexibility index (Phi) is 5.37. The van der Waals surface area contributed by atoms with Crippen molar-refractivity contribution in [2.45, 2.75) is 38.5 Å². The molecular weight excluding hydrogens is 509 g/mol. The van der Waals surface area contributed by atoms with Gasteiger partial charge in [-0.1, -0.05) is 137 Å². The van der Waals surface area contributed by atoms with E-state index in [1.807, 2.05) is 0 Å². The second-order valence-corrected chi connectivity index (χ2v) is 16.1. The Morgan fingerprint density at radius 3 is 1.64 bits per heavy atom. The summed E-state index contributed by atoms with van der Waals surface area (Å²) in [5.41, 5.74) is 8.81. The molecule has 1 unspecified atom stereocenters. The van der Waals surface area contributed by atoms with E-state index in [0.29, 0.717) is 0 Å². The van der Waals surface area contributed by atoms with Gasteiger partial charge in [0.25, 0.3) is 0 Å². The number of hydrogen-bond acceptors (Lipinski definition) is 2. The summed E-state index contributed by atoms with van der Waals surface area (Å²) >= 11 is 6.88. The summed E-state index contributed by atoms with van der Waals surface area (Å²) in [5.74, 6) is 0. The van der Waals surface area contributed by atoms with E-state index in [1.165, 1.54) is 55.2 Å². The van der Waals surface area contributed by atoms with Gasteiger partial charge in [-0.2, -0.15) is 0 Å². The molecule has 192 valence electrons. The smallest absolute Gasteiger partial charge is 0.0502 e. The highest BCUT2D eigenvalue weighted by Gasteiger charge is 2.43. The summed E-state index contributed by atoms with van der Waals surface area (Å²) in [6.45, 7) is 9.37. The average molecular weight is 542 g/mol. The van der Waals surface area contributed by atoms with Crippen LogP contribution >= 0.6 is 6.04 Å². The lowest BCUT2D eigenvalue weighted by molar-refractivity contribution is 0.631. The Morgan fingerprint density at radius 1 is 0.513 bits per heavy atom. The van der Waals surface area contributed by atoms with Crippen LogP contribution in [0, 0.1) is 0 Å². The van der Waals surface area contributed by atoms with Gasteiger partial charge in [0, 0.05) is 22.6 Å². The van der Waals surface area contributed by atoms with E-state index in [2.05, 4.69) is 154 Å². The predicted molar refractivity (Wildman–Crippen MR) is 171 cm³/mol. The molecule has 0 radical (unpaired) electrons. The van der Waals surface area contributed by atoms with Gasteiger partial charge in [0.1, 0.15) is 0 Å². The molecule has 0 aromatic heterocycles.